The molecule has 30 heavy (non-hydrogen) atoms. The highest BCUT2D eigenvalue weighted by Crippen LogP contribution is 2.26. The first-order valence-corrected chi connectivity index (χ1v) is 11.6. The summed E-state index contributed by atoms with van der Waals surface area (Å²) in [4.78, 5) is 13.3. The number of anilines is 2. The monoisotopic (exact) mass is 464 g/mol. The van der Waals surface area contributed by atoms with Crippen LogP contribution in [0.3, 0.4) is 0 Å². The Labute approximate surface area is 183 Å². The zero-order chi connectivity index (χ0) is 21.7. The van der Waals surface area contributed by atoms with Crippen molar-refractivity contribution in [3.63, 3.8) is 0 Å². The molecule has 0 aromatic heterocycles. The Hall–Kier alpha value is -2.55. The normalized spacial score (nSPS) is 12.2. The number of amides is 1. The Morgan fingerprint density at radius 2 is 1.50 bits per heavy atom. The van der Waals surface area contributed by atoms with Gasteiger partial charge < -0.3 is 5.32 Å². The van der Waals surface area contributed by atoms with E-state index in [2.05, 4.69) is 10.0 Å². The molecule has 5 nitrogen and oxygen atoms in total. The van der Waals surface area contributed by atoms with E-state index in [0.29, 0.717) is 10.7 Å². The molecule has 1 atom stereocenters. The second-order valence-corrected chi connectivity index (χ2v) is 9.87. The third-order valence-corrected chi connectivity index (χ3v) is 6.79. The molecule has 0 heterocycles. The molecule has 0 unspecified atom stereocenters. The summed E-state index contributed by atoms with van der Waals surface area (Å²) in [5.41, 5.74) is 0.728. The van der Waals surface area contributed by atoms with Crippen LogP contribution in [0.1, 0.15) is 6.92 Å². The van der Waals surface area contributed by atoms with Gasteiger partial charge in [-0.1, -0.05) is 11.6 Å². The van der Waals surface area contributed by atoms with Crippen molar-refractivity contribution in [3.05, 3.63) is 83.6 Å². The van der Waals surface area contributed by atoms with Gasteiger partial charge in [-0.2, -0.15) is 0 Å². The van der Waals surface area contributed by atoms with Crippen LogP contribution in [0.5, 0.6) is 0 Å². The van der Waals surface area contributed by atoms with Crippen molar-refractivity contribution in [2.75, 3.05) is 10.0 Å². The van der Waals surface area contributed by atoms with E-state index in [1.807, 2.05) is 12.1 Å². The van der Waals surface area contributed by atoms with Crippen LogP contribution >= 0.6 is 23.4 Å². The third kappa shape index (κ3) is 5.98. The fraction of sp³-hybridized carbons (Fsp3) is 0.0952. The molecule has 0 bridgehead atoms. The molecule has 0 spiro atoms. The zero-order valence-electron chi connectivity index (χ0n) is 15.8. The van der Waals surface area contributed by atoms with Crippen LogP contribution in [0, 0.1) is 5.82 Å². The molecule has 0 radical (unpaired) electrons. The van der Waals surface area contributed by atoms with Gasteiger partial charge in [-0.05, 0) is 79.7 Å². The van der Waals surface area contributed by atoms with E-state index in [0.717, 1.165) is 4.90 Å². The topological polar surface area (TPSA) is 75.3 Å². The van der Waals surface area contributed by atoms with Gasteiger partial charge in [-0.15, -0.1) is 11.8 Å². The van der Waals surface area contributed by atoms with Crippen LogP contribution in [0.2, 0.25) is 5.02 Å². The molecule has 0 aliphatic carbocycles. The first-order valence-electron chi connectivity index (χ1n) is 8.84. The van der Waals surface area contributed by atoms with Crippen molar-refractivity contribution in [3.8, 4) is 0 Å². The lowest BCUT2D eigenvalue weighted by Gasteiger charge is -2.13. The Morgan fingerprint density at radius 1 is 0.933 bits per heavy atom. The Bertz CT molecular complexity index is 1120. The standard InChI is InChI=1S/C21H18ClFN2O3S2/c1-14(29-19-10-2-15(22)3-11-19)21(26)24-17-8-12-20(13-9-17)30(27,28)25-18-6-4-16(23)5-7-18/h2-14,25H,1H3,(H,24,26)/t14-/m1/s1. The molecule has 3 aromatic carbocycles. The van der Waals surface area contributed by atoms with Gasteiger partial charge in [0.25, 0.3) is 10.0 Å². The van der Waals surface area contributed by atoms with Crippen molar-refractivity contribution in [2.24, 2.45) is 0 Å². The molecule has 3 rings (SSSR count). The van der Waals surface area contributed by atoms with E-state index in [9.17, 15) is 17.6 Å². The van der Waals surface area contributed by atoms with Crippen molar-refractivity contribution in [1.82, 2.24) is 0 Å². The van der Waals surface area contributed by atoms with Crippen LogP contribution in [-0.4, -0.2) is 19.6 Å². The van der Waals surface area contributed by atoms with Crippen LogP contribution in [0.25, 0.3) is 0 Å². The lowest BCUT2D eigenvalue weighted by atomic mass is 10.3. The minimum absolute atomic E-state index is 0.0217. The predicted octanol–water partition coefficient (Wildman–Crippen LogP) is 5.40. The number of sulfonamides is 1. The molecule has 1 amide bonds. The van der Waals surface area contributed by atoms with E-state index in [4.69, 9.17) is 11.6 Å². The molecule has 0 aliphatic rings. The minimum atomic E-state index is -3.83. The summed E-state index contributed by atoms with van der Waals surface area (Å²) in [6, 6.07) is 18.0. The van der Waals surface area contributed by atoms with Crippen molar-refractivity contribution in [2.45, 2.75) is 22.0 Å². The number of halogens is 2. The lowest BCUT2D eigenvalue weighted by molar-refractivity contribution is -0.115. The van der Waals surface area contributed by atoms with Gasteiger partial charge in [0.2, 0.25) is 5.91 Å². The average molecular weight is 465 g/mol. The fourth-order valence-corrected chi connectivity index (χ4v) is 4.52. The maximum atomic E-state index is 13.0. The molecular formula is C21H18ClFN2O3S2. The van der Waals surface area contributed by atoms with E-state index in [-0.39, 0.29) is 21.7 Å². The van der Waals surface area contributed by atoms with E-state index >= 15 is 0 Å². The largest absolute Gasteiger partial charge is 0.325 e. The highest BCUT2D eigenvalue weighted by atomic mass is 35.5. The maximum Gasteiger partial charge on any atom is 0.261 e. The number of benzene rings is 3. The molecule has 2 N–H and O–H groups in total. The molecule has 0 aliphatic heterocycles. The van der Waals surface area contributed by atoms with Gasteiger partial charge >= 0.3 is 0 Å². The minimum Gasteiger partial charge on any atom is -0.325 e. The van der Waals surface area contributed by atoms with Gasteiger partial charge in [0, 0.05) is 21.3 Å². The predicted molar refractivity (Wildman–Crippen MR) is 119 cm³/mol. The Balaban J connectivity index is 1.62. The summed E-state index contributed by atoms with van der Waals surface area (Å²) < 4.78 is 40.2. The number of carbonyl (C=O) groups excluding carboxylic acids is 1. The fourth-order valence-electron chi connectivity index (χ4n) is 2.46. The molecule has 3 aromatic rings. The Morgan fingerprint density at radius 3 is 2.10 bits per heavy atom. The highest BCUT2D eigenvalue weighted by Gasteiger charge is 2.17. The second-order valence-electron chi connectivity index (χ2n) is 6.34. The number of nitrogens with one attached hydrogen (secondary N) is 2. The third-order valence-electron chi connectivity index (χ3n) is 4.02. The number of thioether (sulfide) groups is 1. The highest BCUT2D eigenvalue weighted by molar-refractivity contribution is 8.00. The van der Waals surface area contributed by atoms with Crippen LogP contribution in [0.15, 0.2) is 82.6 Å². The summed E-state index contributed by atoms with van der Waals surface area (Å²) in [6.07, 6.45) is 0. The molecule has 156 valence electrons. The summed E-state index contributed by atoms with van der Waals surface area (Å²) in [5.74, 6) is -0.670. The van der Waals surface area contributed by atoms with Crippen LogP contribution in [-0.2, 0) is 14.8 Å². The summed E-state index contributed by atoms with van der Waals surface area (Å²) >= 11 is 7.25. The van der Waals surface area contributed by atoms with Crippen LogP contribution < -0.4 is 10.0 Å². The second kappa shape index (κ2) is 9.51. The first-order chi connectivity index (χ1) is 14.2. The van der Waals surface area contributed by atoms with Gasteiger partial charge in [0.15, 0.2) is 0 Å². The van der Waals surface area contributed by atoms with E-state index in [1.54, 1.807) is 19.1 Å². The number of hydrogen-bond acceptors (Lipinski definition) is 4. The number of carbonyl (C=O) groups is 1. The van der Waals surface area contributed by atoms with Crippen molar-refractivity contribution >= 4 is 50.7 Å². The number of hydrogen-bond donors (Lipinski definition) is 2. The maximum absolute atomic E-state index is 13.0. The molecular weight excluding hydrogens is 447 g/mol. The van der Waals surface area contributed by atoms with Gasteiger partial charge in [-0.25, -0.2) is 12.8 Å². The zero-order valence-corrected chi connectivity index (χ0v) is 18.2. The average Bonchev–Trinajstić information content (AvgIpc) is 2.71. The summed E-state index contributed by atoms with van der Waals surface area (Å²) in [5, 5.41) is 3.02. The molecule has 0 saturated carbocycles. The van der Waals surface area contributed by atoms with E-state index in [1.165, 1.54) is 60.3 Å². The Kier molecular flexibility index (Phi) is 7.02. The van der Waals surface area contributed by atoms with Crippen molar-refractivity contribution in [1.29, 1.82) is 0 Å². The quantitative estimate of drug-likeness (QED) is 0.459. The molecule has 0 saturated heterocycles. The molecule has 0 fully saturated rings. The number of rotatable bonds is 7. The smallest absolute Gasteiger partial charge is 0.261 e. The molecule has 9 heteroatoms. The van der Waals surface area contributed by atoms with Gasteiger partial charge in [0.05, 0.1) is 10.1 Å². The van der Waals surface area contributed by atoms with E-state index < -0.39 is 15.8 Å². The van der Waals surface area contributed by atoms with Crippen LogP contribution in [0.4, 0.5) is 15.8 Å². The lowest BCUT2D eigenvalue weighted by Crippen LogP contribution is -2.22. The summed E-state index contributed by atoms with van der Waals surface area (Å²) in [6.45, 7) is 1.78. The van der Waals surface area contributed by atoms with Gasteiger partial charge in [0.1, 0.15) is 5.82 Å². The van der Waals surface area contributed by atoms with Gasteiger partial charge in [-0.3, -0.25) is 9.52 Å². The first kappa shape index (κ1) is 22.1. The SMILES string of the molecule is C[C@@H](Sc1ccc(Cl)cc1)C(=O)Nc1ccc(S(=O)(=O)Nc2ccc(F)cc2)cc1. The van der Waals surface area contributed by atoms with Crippen molar-refractivity contribution < 1.29 is 17.6 Å². The summed E-state index contributed by atoms with van der Waals surface area (Å²) in [7, 11) is -3.83.